The second-order valence-electron chi connectivity index (χ2n) is 3.22. The quantitative estimate of drug-likeness (QED) is 0.809. The number of ether oxygens (including phenoxy) is 1. The van der Waals surface area contributed by atoms with Crippen LogP contribution in [0.4, 0.5) is 0 Å². The molecule has 0 unspecified atom stereocenters. The van der Waals surface area contributed by atoms with E-state index >= 15 is 0 Å². The van der Waals surface area contributed by atoms with Crippen molar-refractivity contribution in [2.24, 2.45) is 0 Å². The molecular formula is C10H11N3O3. The molecule has 6 nitrogen and oxygen atoms in total. The summed E-state index contributed by atoms with van der Waals surface area (Å²) in [6.07, 6.45) is 1.29. The fourth-order valence-corrected chi connectivity index (χ4v) is 1.33. The number of carboxylic acids is 1. The summed E-state index contributed by atoms with van der Waals surface area (Å²) >= 11 is 0. The second kappa shape index (κ2) is 4.28. The van der Waals surface area contributed by atoms with Crippen molar-refractivity contribution in [2.45, 2.75) is 13.5 Å². The summed E-state index contributed by atoms with van der Waals surface area (Å²) in [5.41, 5.74) is 1.24. The molecule has 0 aliphatic rings. The molecule has 0 radical (unpaired) electrons. The van der Waals surface area contributed by atoms with Gasteiger partial charge in [-0.25, -0.2) is 14.8 Å². The van der Waals surface area contributed by atoms with Crippen molar-refractivity contribution in [1.82, 2.24) is 15.0 Å². The highest BCUT2D eigenvalue weighted by Gasteiger charge is 2.08. The number of rotatable bonds is 4. The third kappa shape index (κ3) is 2.01. The number of imidazole rings is 1. The van der Waals surface area contributed by atoms with Crippen molar-refractivity contribution in [3.05, 3.63) is 23.7 Å². The van der Waals surface area contributed by atoms with E-state index in [4.69, 9.17) is 9.84 Å². The number of hydrogen-bond donors (Lipinski definition) is 2. The van der Waals surface area contributed by atoms with Crippen molar-refractivity contribution in [3.8, 4) is 0 Å². The van der Waals surface area contributed by atoms with Crippen LogP contribution in [0.2, 0.25) is 0 Å². The van der Waals surface area contributed by atoms with Gasteiger partial charge in [0, 0.05) is 12.8 Å². The molecule has 0 spiro atoms. The van der Waals surface area contributed by atoms with Crippen LogP contribution >= 0.6 is 0 Å². The Morgan fingerprint density at radius 2 is 2.44 bits per heavy atom. The predicted molar refractivity (Wildman–Crippen MR) is 56.2 cm³/mol. The largest absolute Gasteiger partial charge is 0.478 e. The molecule has 0 bridgehead atoms. The number of hydrogen-bond acceptors (Lipinski definition) is 4. The van der Waals surface area contributed by atoms with Gasteiger partial charge in [-0.3, -0.25) is 0 Å². The smallest absolute Gasteiger partial charge is 0.337 e. The summed E-state index contributed by atoms with van der Waals surface area (Å²) in [5, 5.41) is 8.79. The van der Waals surface area contributed by atoms with Crippen LogP contribution in [0, 0.1) is 0 Å². The minimum atomic E-state index is -1.00. The Bertz CT molecular complexity index is 521. The zero-order valence-corrected chi connectivity index (χ0v) is 8.73. The molecule has 0 saturated heterocycles. The van der Waals surface area contributed by atoms with Gasteiger partial charge in [0.05, 0.1) is 11.1 Å². The van der Waals surface area contributed by atoms with Crippen LogP contribution in [-0.2, 0) is 11.3 Å². The Kier molecular flexibility index (Phi) is 2.82. The van der Waals surface area contributed by atoms with Gasteiger partial charge in [0.1, 0.15) is 12.4 Å². The number of aromatic amines is 1. The van der Waals surface area contributed by atoms with Gasteiger partial charge in [-0.05, 0) is 13.0 Å². The molecule has 0 amide bonds. The molecule has 0 saturated carbocycles. The fraction of sp³-hybridized carbons (Fsp3) is 0.300. The molecule has 0 fully saturated rings. The highest BCUT2D eigenvalue weighted by atomic mass is 16.5. The average molecular weight is 221 g/mol. The fourth-order valence-electron chi connectivity index (χ4n) is 1.33. The lowest BCUT2D eigenvalue weighted by Crippen LogP contribution is -1.96. The number of H-pyrrole nitrogens is 1. The maximum absolute atomic E-state index is 10.7. The van der Waals surface area contributed by atoms with E-state index < -0.39 is 5.97 Å². The molecule has 16 heavy (non-hydrogen) atoms. The zero-order chi connectivity index (χ0) is 11.5. The number of carbonyl (C=O) groups is 1. The first-order valence-electron chi connectivity index (χ1n) is 4.86. The minimum absolute atomic E-state index is 0.138. The predicted octanol–water partition coefficient (Wildman–Crippen LogP) is 1.19. The van der Waals surface area contributed by atoms with Gasteiger partial charge in [-0.15, -0.1) is 0 Å². The maximum Gasteiger partial charge on any atom is 0.337 e. The highest BCUT2D eigenvalue weighted by molar-refractivity contribution is 5.90. The topological polar surface area (TPSA) is 88.1 Å². The maximum atomic E-state index is 10.7. The Hall–Kier alpha value is -1.95. The van der Waals surface area contributed by atoms with E-state index in [-0.39, 0.29) is 5.56 Å². The Morgan fingerprint density at radius 1 is 1.62 bits per heavy atom. The van der Waals surface area contributed by atoms with Gasteiger partial charge in [0.15, 0.2) is 5.65 Å². The molecule has 2 N–H and O–H groups in total. The molecule has 0 aliphatic heterocycles. The van der Waals surface area contributed by atoms with Gasteiger partial charge in [-0.1, -0.05) is 0 Å². The average Bonchev–Trinajstić information content (AvgIpc) is 2.67. The third-order valence-corrected chi connectivity index (χ3v) is 2.08. The summed E-state index contributed by atoms with van der Waals surface area (Å²) in [6.45, 7) is 2.86. The van der Waals surface area contributed by atoms with Crippen LogP contribution in [0.15, 0.2) is 12.3 Å². The van der Waals surface area contributed by atoms with Crippen LogP contribution in [0.3, 0.4) is 0 Å². The lowest BCUT2D eigenvalue weighted by Gasteiger charge is -1.94. The van der Waals surface area contributed by atoms with Crippen molar-refractivity contribution in [2.75, 3.05) is 6.61 Å². The Balaban J connectivity index is 2.34. The van der Waals surface area contributed by atoms with Gasteiger partial charge < -0.3 is 14.8 Å². The van der Waals surface area contributed by atoms with Crippen molar-refractivity contribution in [1.29, 1.82) is 0 Å². The van der Waals surface area contributed by atoms with Gasteiger partial charge in [-0.2, -0.15) is 0 Å². The number of aromatic carboxylic acids is 1. The number of pyridine rings is 1. The summed E-state index contributed by atoms with van der Waals surface area (Å²) in [6, 6.07) is 1.51. The van der Waals surface area contributed by atoms with Crippen molar-refractivity contribution < 1.29 is 14.6 Å². The molecule has 0 aliphatic carbocycles. The number of fused-ring (bicyclic) bond motifs is 1. The van der Waals surface area contributed by atoms with Crippen molar-refractivity contribution in [3.63, 3.8) is 0 Å². The van der Waals surface area contributed by atoms with Crippen LogP contribution in [0.25, 0.3) is 11.2 Å². The molecule has 2 aromatic rings. The molecule has 6 heteroatoms. The van der Waals surface area contributed by atoms with E-state index in [1.807, 2.05) is 6.92 Å². The standard InChI is InChI=1S/C10H11N3O3/c1-2-16-5-8-12-7-3-6(10(14)15)4-11-9(7)13-8/h3-4H,2,5H2,1H3,(H,14,15)(H,11,12,13). The van der Waals surface area contributed by atoms with Gasteiger partial charge in [0.25, 0.3) is 0 Å². The molecule has 2 heterocycles. The van der Waals surface area contributed by atoms with E-state index in [1.165, 1.54) is 12.3 Å². The van der Waals surface area contributed by atoms with E-state index in [0.29, 0.717) is 30.2 Å². The molecule has 84 valence electrons. The first-order valence-corrected chi connectivity index (χ1v) is 4.86. The number of nitrogens with one attached hydrogen (secondary N) is 1. The SMILES string of the molecule is CCOCc1nc2ncc(C(=O)O)cc2[nH]1. The monoisotopic (exact) mass is 221 g/mol. The lowest BCUT2D eigenvalue weighted by atomic mass is 10.3. The van der Waals surface area contributed by atoms with Gasteiger partial charge >= 0.3 is 5.97 Å². The van der Waals surface area contributed by atoms with Crippen LogP contribution in [0.5, 0.6) is 0 Å². The molecule has 0 aromatic carbocycles. The zero-order valence-electron chi connectivity index (χ0n) is 8.73. The van der Waals surface area contributed by atoms with E-state index in [2.05, 4.69) is 15.0 Å². The molecule has 2 rings (SSSR count). The normalized spacial score (nSPS) is 10.8. The van der Waals surface area contributed by atoms with Crippen LogP contribution in [0.1, 0.15) is 23.1 Å². The Labute approximate surface area is 91.3 Å². The summed E-state index contributed by atoms with van der Waals surface area (Å²) in [7, 11) is 0. The van der Waals surface area contributed by atoms with Crippen molar-refractivity contribution >= 4 is 17.1 Å². The minimum Gasteiger partial charge on any atom is -0.478 e. The number of aromatic nitrogens is 3. The first-order chi connectivity index (χ1) is 7.70. The van der Waals surface area contributed by atoms with E-state index in [9.17, 15) is 4.79 Å². The second-order valence-corrected chi connectivity index (χ2v) is 3.22. The highest BCUT2D eigenvalue weighted by Crippen LogP contribution is 2.11. The van der Waals surface area contributed by atoms with E-state index in [0.717, 1.165) is 0 Å². The number of nitrogens with zero attached hydrogens (tertiary/aromatic N) is 2. The summed E-state index contributed by atoms with van der Waals surface area (Å²) in [4.78, 5) is 21.8. The summed E-state index contributed by atoms with van der Waals surface area (Å²) in [5.74, 6) is -0.359. The summed E-state index contributed by atoms with van der Waals surface area (Å²) < 4.78 is 5.19. The molecule has 0 atom stereocenters. The lowest BCUT2D eigenvalue weighted by molar-refractivity contribution is 0.0696. The van der Waals surface area contributed by atoms with Gasteiger partial charge in [0.2, 0.25) is 0 Å². The number of carboxylic acid groups (broad SMARTS) is 1. The first kappa shape index (κ1) is 10.6. The van der Waals surface area contributed by atoms with E-state index in [1.54, 1.807) is 0 Å². The van der Waals surface area contributed by atoms with Crippen LogP contribution < -0.4 is 0 Å². The third-order valence-electron chi connectivity index (χ3n) is 2.08. The molecular weight excluding hydrogens is 210 g/mol. The van der Waals surface area contributed by atoms with Crippen LogP contribution in [-0.4, -0.2) is 32.6 Å². The molecule has 2 aromatic heterocycles. The Morgan fingerprint density at radius 3 is 3.12 bits per heavy atom.